The first kappa shape index (κ1) is 23.1. The van der Waals surface area contributed by atoms with Gasteiger partial charge in [0.1, 0.15) is 18.3 Å². The Kier molecular flexibility index (Phi) is 7.15. The Bertz CT molecular complexity index is 967. The van der Waals surface area contributed by atoms with E-state index in [1.54, 1.807) is 0 Å². The van der Waals surface area contributed by atoms with Crippen LogP contribution in [0.2, 0.25) is 0 Å². The normalized spacial score (nSPS) is 24.5. The van der Waals surface area contributed by atoms with E-state index in [1.807, 2.05) is 13.2 Å². The van der Waals surface area contributed by atoms with Crippen LogP contribution in [-0.4, -0.2) is 77.2 Å². The molecule has 30 heavy (non-hydrogen) atoms. The summed E-state index contributed by atoms with van der Waals surface area (Å²) >= 11 is 1.32. The molecule has 0 bridgehead atoms. The van der Waals surface area contributed by atoms with Gasteiger partial charge in [0.25, 0.3) is 0 Å². The third-order valence-corrected chi connectivity index (χ3v) is 5.48. The number of phosphoric acid groups is 1. The van der Waals surface area contributed by atoms with Crippen LogP contribution in [0, 0.1) is 0 Å². The van der Waals surface area contributed by atoms with Crippen LogP contribution in [0.1, 0.15) is 19.6 Å². The minimum Gasteiger partial charge on any atom is -0.387 e. The zero-order valence-corrected chi connectivity index (χ0v) is 18.1. The van der Waals surface area contributed by atoms with Gasteiger partial charge in [0, 0.05) is 6.54 Å². The summed E-state index contributed by atoms with van der Waals surface area (Å²) < 4.78 is 22.4. The molecule has 1 fully saturated rings. The van der Waals surface area contributed by atoms with Crippen molar-refractivity contribution in [3.05, 3.63) is 18.5 Å². The van der Waals surface area contributed by atoms with Crippen LogP contribution in [-0.2, 0) is 13.8 Å². The van der Waals surface area contributed by atoms with Crippen molar-refractivity contribution in [1.82, 2.24) is 19.5 Å². The second-order valence-electron chi connectivity index (χ2n) is 6.85. The van der Waals surface area contributed by atoms with E-state index < -0.39 is 39.0 Å². The highest BCUT2D eigenvalue weighted by Gasteiger charge is 2.45. The molecule has 3 heterocycles. The quantitative estimate of drug-likeness (QED) is 0.153. The average molecular weight is 461 g/mol. The number of imidazole rings is 1. The summed E-state index contributed by atoms with van der Waals surface area (Å²) in [7, 11) is -4.75. The maximum atomic E-state index is 10.9. The van der Waals surface area contributed by atoms with Crippen LogP contribution in [0.4, 0.5) is 5.82 Å². The van der Waals surface area contributed by atoms with Gasteiger partial charge in [-0.25, -0.2) is 19.5 Å². The van der Waals surface area contributed by atoms with Crippen molar-refractivity contribution in [1.29, 1.82) is 0 Å². The standard InChI is InChI=1S/C16H24N5O7PS/c1-8(2)4-5-17-13-10-14(20-16(19-13)30-3)21(7-18-10)15-12(23)11(22)9(28-15)6-27-29(24,25)26/h7,9,11-12,15,22-23H,1,4-6H2,2-3H3,(H,17,19,20)(H2,24,25,26)/t9-,11-,12-,15-/m1/s1. The van der Waals surface area contributed by atoms with E-state index >= 15 is 0 Å². The summed E-state index contributed by atoms with van der Waals surface area (Å²) in [4.78, 5) is 30.9. The number of rotatable bonds is 9. The Morgan fingerprint density at radius 1 is 1.40 bits per heavy atom. The molecule has 1 saturated heterocycles. The van der Waals surface area contributed by atoms with Crippen molar-refractivity contribution in [3.8, 4) is 0 Å². The lowest BCUT2D eigenvalue weighted by atomic mass is 10.1. The van der Waals surface area contributed by atoms with Crippen LogP contribution in [0.3, 0.4) is 0 Å². The number of aliphatic hydroxyl groups excluding tert-OH is 2. The van der Waals surface area contributed by atoms with Gasteiger partial charge in [0.2, 0.25) is 0 Å². The smallest absolute Gasteiger partial charge is 0.387 e. The van der Waals surface area contributed by atoms with Crippen molar-refractivity contribution < 1.29 is 33.8 Å². The van der Waals surface area contributed by atoms with Crippen LogP contribution in [0.15, 0.2) is 23.6 Å². The zero-order valence-electron chi connectivity index (χ0n) is 16.4. The molecule has 0 aliphatic carbocycles. The highest BCUT2D eigenvalue weighted by Crippen LogP contribution is 2.39. The summed E-state index contributed by atoms with van der Waals surface area (Å²) in [6.45, 7) is 5.80. The van der Waals surface area contributed by atoms with Gasteiger partial charge in [-0.3, -0.25) is 9.09 Å². The van der Waals surface area contributed by atoms with E-state index in [-0.39, 0.29) is 0 Å². The van der Waals surface area contributed by atoms with E-state index in [0.717, 1.165) is 12.0 Å². The van der Waals surface area contributed by atoms with Crippen molar-refractivity contribution >= 4 is 36.6 Å². The molecule has 4 atom stereocenters. The molecule has 5 N–H and O–H groups in total. The molecule has 0 spiro atoms. The molecular formula is C16H24N5O7PS. The van der Waals surface area contributed by atoms with Gasteiger partial charge >= 0.3 is 7.82 Å². The predicted molar refractivity (Wildman–Crippen MR) is 109 cm³/mol. The van der Waals surface area contributed by atoms with Gasteiger partial charge in [-0.05, 0) is 19.6 Å². The van der Waals surface area contributed by atoms with E-state index in [9.17, 15) is 14.8 Å². The summed E-state index contributed by atoms with van der Waals surface area (Å²) in [5.41, 5.74) is 1.85. The van der Waals surface area contributed by atoms with Gasteiger partial charge in [0.15, 0.2) is 28.4 Å². The summed E-state index contributed by atoms with van der Waals surface area (Å²) in [6, 6.07) is 0. The van der Waals surface area contributed by atoms with Crippen molar-refractivity contribution in [3.63, 3.8) is 0 Å². The van der Waals surface area contributed by atoms with E-state index in [0.29, 0.717) is 28.7 Å². The maximum Gasteiger partial charge on any atom is 0.469 e. The SMILES string of the molecule is C=C(C)CCNc1nc(SC)nc2c1ncn2[C@@H]1O[C@H](COP(=O)(O)O)[C@@H](O)[C@H]1O. The number of nitrogens with one attached hydrogen (secondary N) is 1. The number of hydrogen-bond donors (Lipinski definition) is 5. The monoisotopic (exact) mass is 461 g/mol. The van der Waals surface area contributed by atoms with Crippen LogP contribution >= 0.6 is 19.6 Å². The molecule has 2 aromatic heterocycles. The van der Waals surface area contributed by atoms with E-state index in [1.165, 1.54) is 22.7 Å². The van der Waals surface area contributed by atoms with Crippen LogP contribution in [0.5, 0.6) is 0 Å². The summed E-state index contributed by atoms with van der Waals surface area (Å²) in [5, 5.41) is 24.3. The molecule has 1 aliphatic heterocycles. The average Bonchev–Trinajstić information content (AvgIpc) is 3.21. The number of fused-ring (bicyclic) bond motifs is 1. The predicted octanol–water partition coefficient (Wildman–Crippen LogP) is 0.655. The molecular weight excluding hydrogens is 437 g/mol. The Hall–Kier alpha value is -1.57. The number of phosphoric ester groups is 1. The number of ether oxygens (including phenoxy) is 1. The first-order chi connectivity index (χ1) is 14.1. The maximum absolute atomic E-state index is 10.9. The molecule has 1 aliphatic rings. The first-order valence-corrected chi connectivity index (χ1v) is 11.7. The Balaban J connectivity index is 1.88. The second-order valence-corrected chi connectivity index (χ2v) is 8.86. The largest absolute Gasteiger partial charge is 0.469 e. The zero-order chi connectivity index (χ0) is 22.1. The first-order valence-electron chi connectivity index (χ1n) is 8.99. The number of hydrogen-bond acceptors (Lipinski definition) is 10. The number of aliphatic hydroxyl groups is 2. The van der Waals surface area contributed by atoms with Gasteiger partial charge in [-0.15, -0.1) is 6.58 Å². The highest BCUT2D eigenvalue weighted by molar-refractivity contribution is 7.98. The van der Waals surface area contributed by atoms with Gasteiger partial charge in [-0.1, -0.05) is 17.3 Å². The summed E-state index contributed by atoms with van der Waals surface area (Å²) in [6.07, 6.45) is -1.07. The van der Waals surface area contributed by atoms with Crippen molar-refractivity contribution in [2.45, 2.75) is 43.0 Å². The van der Waals surface area contributed by atoms with E-state index in [4.69, 9.17) is 14.5 Å². The minimum atomic E-state index is -4.75. The molecule has 14 heteroatoms. The molecule has 0 aromatic carbocycles. The second kappa shape index (κ2) is 9.28. The van der Waals surface area contributed by atoms with Gasteiger partial charge in [-0.2, -0.15) is 0 Å². The molecule has 2 aromatic rings. The molecule has 12 nitrogen and oxygen atoms in total. The van der Waals surface area contributed by atoms with Gasteiger partial charge in [0.05, 0.1) is 12.9 Å². The highest BCUT2D eigenvalue weighted by atomic mass is 32.2. The Morgan fingerprint density at radius 3 is 2.77 bits per heavy atom. The topological polar surface area (TPSA) is 172 Å². The number of thioether (sulfide) groups is 1. The molecule has 0 amide bonds. The van der Waals surface area contributed by atoms with E-state index in [2.05, 4.69) is 31.4 Å². The molecule has 3 rings (SSSR count). The van der Waals surface area contributed by atoms with Crippen LogP contribution in [0.25, 0.3) is 11.2 Å². The van der Waals surface area contributed by atoms with Gasteiger partial charge < -0.3 is 30.1 Å². The lowest BCUT2D eigenvalue weighted by Gasteiger charge is -2.17. The fraction of sp³-hybridized carbons (Fsp3) is 0.562. The number of anilines is 1. The lowest BCUT2D eigenvalue weighted by molar-refractivity contribution is -0.0504. The van der Waals surface area contributed by atoms with Crippen molar-refractivity contribution in [2.75, 3.05) is 24.7 Å². The third kappa shape index (κ3) is 5.18. The molecule has 166 valence electrons. The molecule has 0 unspecified atom stereocenters. The van der Waals surface area contributed by atoms with Crippen LogP contribution < -0.4 is 5.32 Å². The molecule has 0 saturated carbocycles. The van der Waals surface area contributed by atoms with Crippen molar-refractivity contribution in [2.24, 2.45) is 0 Å². The number of nitrogens with zero attached hydrogens (tertiary/aromatic N) is 4. The fourth-order valence-electron chi connectivity index (χ4n) is 2.96. The Morgan fingerprint density at radius 2 is 2.13 bits per heavy atom. The molecule has 0 radical (unpaired) electrons. The Labute approximate surface area is 176 Å². The minimum absolute atomic E-state index is 0.375. The fourth-order valence-corrected chi connectivity index (χ4v) is 3.66. The summed E-state index contributed by atoms with van der Waals surface area (Å²) in [5.74, 6) is 0.513. The third-order valence-electron chi connectivity index (χ3n) is 4.45. The number of aromatic nitrogens is 4. The lowest BCUT2D eigenvalue weighted by Crippen LogP contribution is -2.33.